The molecule has 0 fully saturated rings. The molecule has 0 rings (SSSR count). The van der Waals surface area contributed by atoms with Crippen LogP contribution in [0.5, 0.6) is 0 Å². The summed E-state index contributed by atoms with van der Waals surface area (Å²) in [6.07, 6.45) is 55.1. The molecule has 0 aromatic carbocycles. The van der Waals surface area contributed by atoms with Crippen molar-refractivity contribution in [3.05, 3.63) is 36.5 Å². The van der Waals surface area contributed by atoms with Crippen molar-refractivity contribution in [2.75, 3.05) is 19.8 Å². The van der Waals surface area contributed by atoms with Gasteiger partial charge in [-0.3, -0.25) is 4.79 Å². The first-order valence-corrected chi connectivity index (χ1v) is 22.1. The molecule has 0 aromatic heterocycles. The summed E-state index contributed by atoms with van der Waals surface area (Å²) >= 11 is 0. The van der Waals surface area contributed by atoms with Gasteiger partial charge >= 0.3 is 5.97 Å². The van der Waals surface area contributed by atoms with Crippen molar-refractivity contribution in [3.63, 3.8) is 0 Å². The summed E-state index contributed by atoms with van der Waals surface area (Å²) in [7, 11) is 0. The van der Waals surface area contributed by atoms with Gasteiger partial charge < -0.3 is 14.6 Å². The van der Waals surface area contributed by atoms with Crippen LogP contribution in [-0.2, 0) is 14.3 Å². The van der Waals surface area contributed by atoms with Crippen LogP contribution in [0.2, 0.25) is 0 Å². The Bertz CT molecular complexity index is 742. The molecule has 0 aliphatic rings. The molecule has 1 N–H and O–H groups in total. The lowest BCUT2D eigenvalue weighted by Gasteiger charge is -2.15. The number of carbonyl (C=O) groups excluding carboxylic acids is 1. The Kier molecular flexibility index (Phi) is 42.6. The molecule has 4 heteroatoms. The second-order valence-electron chi connectivity index (χ2n) is 14.7. The minimum absolute atomic E-state index is 0.178. The molecule has 0 aliphatic carbocycles. The molecule has 1 unspecified atom stereocenters. The lowest BCUT2D eigenvalue weighted by Crippen LogP contribution is -2.27. The first-order chi connectivity index (χ1) is 24.7. The molecule has 1 atom stereocenters. The molecule has 0 radical (unpaired) electrons. The van der Waals surface area contributed by atoms with Gasteiger partial charge in [0, 0.05) is 13.0 Å². The summed E-state index contributed by atoms with van der Waals surface area (Å²) in [6, 6.07) is 0. The average molecular weight is 703 g/mol. The second-order valence-corrected chi connectivity index (χ2v) is 14.7. The number of carbonyl (C=O) groups is 1. The summed E-state index contributed by atoms with van der Waals surface area (Å²) in [4.78, 5) is 12.2. The first kappa shape index (κ1) is 48.6. The summed E-state index contributed by atoms with van der Waals surface area (Å²) in [5.74, 6) is -0.205. The van der Waals surface area contributed by atoms with E-state index < -0.39 is 6.10 Å². The predicted octanol–water partition coefficient (Wildman–Crippen LogP) is 14.5. The number of hydrogen-bond acceptors (Lipinski definition) is 4. The smallest absolute Gasteiger partial charge is 0.306 e. The summed E-state index contributed by atoms with van der Waals surface area (Å²) < 4.78 is 11.1. The lowest BCUT2D eigenvalue weighted by molar-refractivity contribution is -0.154. The molecule has 294 valence electrons. The molecule has 0 aromatic rings. The maximum atomic E-state index is 12.2. The van der Waals surface area contributed by atoms with Crippen LogP contribution in [0, 0.1) is 0 Å². The highest BCUT2D eigenvalue weighted by molar-refractivity contribution is 5.69. The molecule has 4 nitrogen and oxygen atoms in total. The fourth-order valence-electron chi connectivity index (χ4n) is 6.46. The molecule has 50 heavy (non-hydrogen) atoms. The van der Waals surface area contributed by atoms with Crippen LogP contribution < -0.4 is 0 Å². The highest BCUT2D eigenvalue weighted by Crippen LogP contribution is 2.16. The van der Waals surface area contributed by atoms with Gasteiger partial charge in [-0.25, -0.2) is 0 Å². The zero-order valence-electron chi connectivity index (χ0n) is 33.7. The van der Waals surface area contributed by atoms with E-state index >= 15 is 0 Å². The van der Waals surface area contributed by atoms with E-state index in [9.17, 15) is 9.90 Å². The van der Waals surface area contributed by atoms with Gasteiger partial charge in [0.2, 0.25) is 0 Å². The predicted molar refractivity (Wildman–Crippen MR) is 219 cm³/mol. The second kappa shape index (κ2) is 43.8. The molecular formula is C46H86O4. The normalized spacial score (nSPS) is 12.6. The molecular weight excluding hydrogens is 617 g/mol. The van der Waals surface area contributed by atoms with Crippen molar-refractivity contribution in [3.8, 4) is 0 Å². The van der Waals surface area contributed by atoms with Gasteiger partial charge in [0.15, 0.2) is 0 Å². The molecule has 0 amide bonds. The van der Waals surface area contributed by atoms with Crippen molar-refractivity contribution < 1.29 is 19.4 Å². The van der Waals surface area contributed by atoms with Crippen molar-refractivity contribution in [2.24, 2.45) is 0 Å². The lowest BCUT2D eigenvalue weighted by atomic mass is 10.0. The maximum absolute atomic E-state index is 12.2. The Hall–Kier alpha value is -1.39. The Labute approximate surface area is 312 Å². The molecule has 0 aliphatic heterocycles. The van der Waals surface area contributed by atoms with Crippen LogP contribution in [-0.4, -0.2) is 37.0 Å². The van der Waals surface area contributed by atoms with E-state index in [-0.39, 0.29) is 19.2 Å². The summed E-state index contributed by atoms with van der Waals surface area (Å²) in [5, 5.41) is 9.59. The molecule has 0 spiro atoms. The Morgan fingerprint density at radius 1 is 0.500 bits per heavy atom. The Balaban J connectivity index is 3.38. The standard InChI is InChI=1S/C46H86O4/c1-3-5-7-9-11-13-15-17-19-20-21-22-23-24-25-26-27-28-29-31-33-35-37-39-41-46(48)50-45(43-47)44-49-42-40-38-36-34-32-30-18-16-14-12-10-8-6-4-2/h6,8,12,14,18,30,45,47H,3-5,7,9-11,13,15-17,19-29,31-44H2,1-2H3/b8-6-,14-12-,30-18-. The Morgan fingerprint density at radius 3 is 1.36 bits per heavy atom. The number of rotatable bonds is 41. The van der Waals surface area contributed by atoms with Gasteiger partial charge in [0.05, 0.1) is 13.2 Å². The molecule has 0 bridgehead atoms. The third-order valence-corrected chi connectivity index (χ3v) is 9.73. The third kappa shape index (κ3) is 41.0. The minimum atomic E-state index is -0.543. The summed E-state index contributed by atoms with van der Waals surface area (Å²) in [5.41, 5.74) is 0. The van der Waals surface area contributed by atoms with Gasteiger partial charge in [-0.2, -0.15) is 0 Å². The van der Waals surface area contributed by atoms with Crippen molar-refractivity contribution >= 4 is 5.97 Å². The van der Waals surface area contributed by atoms with Crippen LogP contribution in [0.15, 0.2) is 36.5 Å². The average Bonchev–Trinajstić information content (AvgIpc) is 3.12. The van der Waals surface area contributed by atoms with Gasteiger partial charge in [-0.15, -0.1) is 0 Å². The van der Waals surface area contributed by atoms with E-state index in [1.807, 2.05) is 0 Å². The number of aliphatic hydroxyl groups excluding tert-OH is 1. The highest BCUT2D eigenvalue weighted by atomic mass is 16.6. The molecule has 0 saturated heterocycles. The SMILES string of the molecule is CC/C=C\C/C=C\C/C=C\CCCCCCOCC(CO)OC(=O)CCCCCCCCCCCCCCCCCCCCCCCCCC. The van der Waals surface area contributed by atoms with Crippen LogP contribution in [0.25, 0.3) is 0 Å². The zero-order valence-corrected chi connectivity index (χ0v) is 33.7. The van der Waals surface area contributed by atoms with E-state index in [2.05, 4.69) is 50.3 Å². The molecule has 0 heterocycles. The van der Waals surface area contributed by atoms with Crippen LogP contribution in [0.3, 0.4) is 0 Å². The highest BCUT2D eigenvalue weighted by Gasteiger charge is 2.13. The van der Waals surface area contributed by atoms with Gasteiger partial charge in [0.25, 0.3) is 0 Å². The summed E-state index contributed by atoms with van der Waals surface area (Å²) in [6.45, 7) is 5.21. The fourth-order valence-corrected chi connectivity index (χ4v) is 6.46. The van der Waals surface area contributed by atoms with E-state index in [1.54, 1.807) is 0 Å². The van der Waals surface area contributed by atoms with Crippen molar-refractivity contribution in [1.29, 1.82) is 0 Å². The van der Waals surface area contributed by atoms with Crippen LogP contribution in [0.1, 0.15) is 226 Å². The number of allylic oxidation sites excluding steroid dienone is 6. The van der Waals surface area contributed by atoms with E-state index in [0.717, 1.165) is 51.4 Å². The minimum Gasteiger partial charge on any atom is -0.457 e. The Morgan fingerprint density at radius 2 is 0.900 bits per heavy atom. The monoisotopic (exact) mass is 703 g/mol. The maximum Gasteiger partial charge on any atom is 0.306 e. The first-order valence-electron chi connectivity index (χ1n) is 22.1. The van der Waals surface area contributed by atoms with Crippen LogP contribution in [0.4, 0.5) is 0 Å². The van der Waals surface area contributed by atoms with Gasteiger partial charge in [0.1, 0.15) is 6.10 Å². The van der Waals surface area contributed by atoms with Crippen molar-refractivity contribution in [1.82, 2.24) is 0 Å². The van der Waals surface area contributed by atoms with E-state index in [4.69, 9.17) is 9.47 Å². The van der Waals surface area contributed by atoms with E-state index in [1.165, 1.54) is 154 Å². The van der Waals surface area contributed by atoms with E-state index in [0.29, 0.717) is 13.0 Å². The zero-order chi connectivity index (χ0) is 36.3. The number of esters is 1. The quantitative estimate of drug-likeness (QED) is 0.0391. The third-order valence-electron chi connectivity index (χ3n) is 9.73. The topological polar surface area (TPSA) is 55.8 Å². The fraction of sp³-hybridized carbons (Fsp3) is 0.848. The largest absolute Gasteiger partial charge is 0.457 e. The number of hydrogen-bond donors (Lipinski definition) is 1. The number of ether oxygens (including phenoxy) is 2. The van der Waals surface area contributed by atoms with Gasteiger partial charge in [-0.05, 0) is 44.9 Å². The number of aliphatic hydroxyl groups is 1. The van der Waals surface area contributed by atoms with Crippen molar-refractivity contribution in [2.45, 2.75) is 232 Å². The number of unbranched alkanes of at least 4 members (excludes halogenated alkanes) is 27. The molecule has 0 saturated carbocycles. The van der Waals surface area contributed by atoms with Gasteiger partial charge in [-0.1, -0.05) is 211 Å². The van der Waals surface area contributed by atoms with Crippen LogP contribution >= 0.6 is 0 Å².